The van der Waals surface area contributed by atoms with Crippen LogP contribution in [0.2, 0.25) is 0 Å². The lowest BCUT2D eigenvalue weighted by atomic mass is 9.87. The highest BCUT2D eigenvalue weighted by Crippen LogP contribution is 2.71. The lowest BCUT2D eigenvalue weighted by Crippen LogP contribution is -2.41. The summed E-state index contributed by atoms with van der Waals surface area (Å²) in [7, 11) is -9.42. The smallest absolute Gasteiger partial charge is 0.401 e. The van der Waals surface area contributed by atoms with Crippen LogP contribution >= 0.6 is 10.3 Å². The summed E-state index contributed by atoms with van der Waals surface area (Å²) in [5.41, 5.74) is 2.10. The third kappa shape index (κ3) is 9.22. The fraction of sp³-hybridized carbons (Fsp3) is 0.537. The molecular formula is C41H55F3O5S2. The van der Waals surface area contributed by atoms with Crippen LogP contribution in [0, 0.1) is 5.92 Å². The Hall–Kier alpha value is -2.82. The average Bonchev–Trinajstić information content (AvgIpc) is 3.06. The van der Waals surface area contributed by atoms with E-state index in [1.54, 1.807) is 36.4 Å². The molecule has 0 N–H and O–H groups in total. The summed E-state index contributed by atoms with van der Waals surface area (Å²) < 4.78 is 86.5. The van der Waals surface area contributed by atoms with Crippen molar-refractivity contribution in [3.63, 3.8) is 0 Å². The van der Waals surface area contributed by atoms with Crippen molar-refractivity contribution >= 4 is 26.4 Å². The van der Waals surface area contributed by atoms with Crippen LogP contribution in [0.3, 0.4) is 0 Å². The number of alkyl halides is 3. The Bertz CT molecular complexity index is 1590. The number of carbonyl (C=O) groups is 1. The molecule has 3 aromatic rings. The first-order chi connectivity index (χ1) is 23.5. The van der Waals surface area contributed by atoms with Crippen LogP contribution in [0.1, 0.15) is 118 Å². The number of halogens is 3. The first-order valence-electron chi connectivity index (χ1n) is 17.8. The number of rotatable bonds is 11. The van der Waals surface area contributed by atoms with E-state index < -0.39 is 50.9 Å². The van der Waals surface area contributed by atoms with Crippen LogP contribution in [0.4, 0.5) is 13.2 Å². The summed E-state index contributed by atoms with van der Waals surface area (Å²) in [5, 5.41) is -4.95. The molecule has 5 nitrogen and oxygen atoms in total. The van der Waals surface area contributed by atoms with Gasteiger partial charge in [0, 0.05) is 21.1 Å². The van der Waals surface area contributed by atoms with Gasteiger partial charge in [0.25, 0.3) is 0 Å². The summed E-state index contributed by atoms with van der Waals surface area (Å²) >= 11 is 0. The van der Waals surface area contributed by atoms with E-state index in [9.17, 15) is 13.2 Å². The number of benzene rings is 3. The van der Waals surface area contributed by atoms with E-state index in [1.165, 1.54) is 0 Å². The highest BCUT2D eigenvalue weighted by atomic mass is 32.3. The topological polar surface area (TPSA) is 69.7 Å². The number of esters is 1. The molecule has 0 aromatic heterocycles. The molecular weight excluding hydrogens is 694 g/mol. The van der Waals surface area contributed by atoms with E-state index >= 15 is 13.2 Å². The number of hydrogen-bond acceptors (Lipinski definition) is 5. The molecule has 0 amide bonds. The molecule has 3 aromatic carbocycles. The van der Waals surface area contributed by atoms with Crippen molar-refractivity contribution in [2.75, 3.05) is 6.61 Å². The third-order valence-corrected chi connectivity index (χ3v) is 14.9. The Morgan fingerprint density at radius 2 is 1.02 bits per heavy atom. The molecule has 0 saturated heterocycles. The first kappa shape index (κ1) is 40.9. The van der Waals surface area contributed by atoms with Crippen LogP contribution in [0.5, 0.6) is 0 Å². The van der Waals surface area contributed by atoms with E-state index in [2.05, 4.69) is 0 Å². The predicted octanol–water partition coefficient (Wildman–Crippen LogP) is 11.6. The number of ether oxygens (including phenoxy) is 1. The molecule has 1 aliphatic carbocycles. The van der Waals surface area contributed by atoms with Crippen LogP contribution in [-0.4, -0.2) is 32.4 Å². The Morgan fingerprint density at radius 3 is 1.35 bits per heavy atom. The maximum atomic E-state index is 16.0. The molecule has 1 atom stereocenters. The van der Waals surface area contributed by atoms with Crippen molar-refractivity contribution in [2.45, 2.75) is 143 Å². The molecule has 10 heteroatoms. The van der Waals surface area contributed by atoms with Crippen molar-refractivity contribution in [1.29, 1.82) is 0 Å². The molecule has 0 heterocycles. The van der Waals surface area contributed by atoms with Gasteiger partial charge in [0.1, 0.15) is 0 Å². The lowest BCUT2D eigenvalue weighted by Gasteiger charge is -2.41. The standard InChI is InChI=1S/C41H55F3O5S2/c1-38(2,3)30-15-21-33(22-16-30)50(34-23-17-31(18-24-34)39(4,5)6,35-25-19-32(20-26-35)40(7,8)9)49-51(46,47)41(43,44)36(42)27-28-48-37(45)29-13-11-10-12-14-29/h15-26,29,36H,10-14,27-28H2,1-9H3. The maximum absolute atomic E-state index is 16.0. The van der Waals surface area contributed by atoms with Crippen LogP contribution in [-0.2, 0) is 39.5 Å². The van der Waals surface area contributed by atoms with Gasteiger partial charge in [-0.15, -0.1) is 0 Å². The van der Waals surface area contributed by atoms with E-state index in [0.29, 0.717) is 27.5 Å². The van der Waals surface area contributed by atoms with E-state index in [0.717, 1.165) is 36.0 Å². The minimum atomic E-state index is -5.96. The average molecular weight is 749 g/mol. The maximum Gasteiger partial charge on any atom is 0.401 e. The first-order valence-corrected chi connectivity index (χ1v) is 20.8. The SMILES string of the molecule is CC(C)(C)c1ccc(S(OS(=O)(=O)C(F)(F)C(F)CCOC(=O)C2CCCCC2)(c2ccc(C(C)(C)C)cc2)c2ccc(C(C)(C)C)cc2)cc1. The lowest BCUT2D eigenvalue weighted by molar-refractivity contribution is -0.150. The van der Waals surface area contributed by atoms with Gasteiger partial charge in [0.05, 0.1) is 12.5 Å². The largest absolute Gasteiger partial charge is 0.465 e. The zero-order chi connectivity index (χ0) is 38.0. The minimum absolute atomic E-state index is 0.249. The van der Waals surface area contributed by atoms with E-state index in [-0.39, 0.29) is 22.2 Å². The molecule has 0 aliphatic heterocycles. The van der Waals surface area contributed by atoms with Crippen molar-refractivity contribution in [3.05, 3.63) is 89.5 Å². The van der Waals surface area contributed by atoms with Gasteiger partial charge in [0.15, 0.2) is 6.17 Å². The Kier molecular flexibility index (Phi) is 12.3. The molecule has 0 spiro atoms. The van der Waals surface area contributed by atoms with E-state index in [4.69, 9.17) is 8.37 Å². The number of hydrogen-bond donors (Lipinski definition) is 0. The Balaban J connectivity index is 1.84. The van der Waals surface area contributed by atoms with Gasteiger partial charge in [-0.2, -0.15) is 17.2 Å². The van der Waals surface area contributed by atoms with Gasteiger partial charge < -0.3 is 4.74 Å². The summed E-state index contributed by atoms with van der Waals surface area (Å²) in [6.45, 7) is 17.7. The second-order valence-corrected chi connectivity index (χ2v) is 21.2. The fourth-order valence-corrected chi connectivity index (χ4v) is 11.4. The molecule has 51 heavy (non-hydrogen) atoms. The van der Waals surface area contributed by atoms with Gasteiger partial charge in [0.2, 0.25) is 0 Å². The number of carbonyl (C=O) groups excluding carboxylic acids is 1. The van der Waals surface area contributed by atoms with Crippen molar-refractivity contribution in [1.82, 2.24) is 0 Å². The van der Waals surface area contributed by atoms with Gasteiger partial charge in [-0.25, -0.2) is 8.02 Å². The summed E-state index contributed by atoms with van der Waals surface area (Å²) in [6.07, 6.45) is -0.200. The summed E-state index contributed by atoms with van der Waals surface area (Å²) in [4.78, 5) is 13.5. The molecule has 1 fully saturated rings. The molecule has 1 unspecified atom stereocenters. The quantitative estimate of drug-likeness (QED) is 0.183. The highest BCUT2D eigenvalue weighted by molar-refractivity contribution is 8.33. The molecule has 4 rings (SSSR count). The minimum Gasteiger partial charge on any atom is -0.465 e. The van der Waals surface area contributed by atoms with Crippen LogP contribution in [0.15, 0.2) is 87.5 Å². The van der Waals surface area contributed by atoms with Gasteiger partial charge in [-0.3, -0.25) is 4.79 Å². The molecule has 0 bridgehead atoms. The van der Waals surface area contributed by atoms with Gasteiger partial charge in [-0.05, 0) is 92.5 Å². The third-order valence-electron chi connectivity index (χ3n) is 9.60. The molecule has 282 valence electrons. The van der Waals surface area contributed by atoms with Crippen LogP contribution in [0.25, 0.3) is 0 Å². The second-order valence-electron chi connectivity index (χ2n) is 16.7. The monoisotopic (exact) mass is 748 g/mol. The Labute approximate surface area is 305 Å². The summed E-state index contributed by atoms with van der Waals surface area (Å²) in [6, 6.07) is 21.4. The molecule has 1 aliphatic rings. The van der Waals surface area contributed by atoms with Crippen molar-refractivity contribution in [2.24, 2.45) is 5.92 Å². The van der Waals surface area contributed by atoms with Gasteiger partial charge in [-0.1, -0.05) is 118 Å². The second kappa shape index (κ2) is 15.3. The van der Waals surface area contributed by atoms with Gasteiger partial charge >= 0.3 is 21.3 Å². The van der Waals surface area contributed by atoms with Crippen molar-refractivity contribution < 1.29 is 34.7 Å². The highest BCUT2D eigenvalue weighted by Gasteiger charge is 2.57. The predicted molar refractivity (Wildman–Crippen MR) is 200 cm³/mol. The zero-order valence-electron chi connectivity index (χ0n) is 31.5. The van der Waals surface area contributed by atoms with Crippen molar-refractivity contribution in [3.8, 4) is 0 Å². The molecule has 0 radical (unpaired) electrons. The van der Waals surface area contributed by atoms with Crippen LogP contribution < -0.4 is 0 Å². The zero-order valence-corrected chi connectivity index (χ0v) is 33.2. The Morgan fingerprint density at radius 1 is 0.667 bits per heavy atom. The summed E-state index contributed by atoms with van der Waals surface area (Å²) in [5.74, 6) is -0.920. The van der Waals surface area contributed by atoms with E-state index in [1.807, 2.05) is 98.7 Å². The fourth-order valence-electron chi connectivity index (χ4n) is 6.19. The molecule has 1 saturated carbocycles. The normalized spacial score (nSPS) is 16.5.